The second-order valence-electron chi connectivity index (χ2n) is 10.6. The first-order chi connectivity index (χ1) is 20.9. The molecular weight excluding hydrogens is 581 g/mol. The molecule has 0 fully saturated rings. The largest absolute Gasteiger partial charge is 0.491 e. The van der Waals surface area contributed by atoms with Gasteiger partial charge in [-0.1, -0.05) is 6.07 Å². The van der Waals surface area contributed by atoms with Crippen LogP contribution in [0.15, 0.2) is 55.0 Å². The molecule has 1 amide bonds. The number of hydrogen-bond acceptors (Lipinski definition) is 9. The summed E-state index contributed by atoms with van der Waals surface area (Å²) in [7, 11) is 0. The molecule has 3 aromatic rings. The Morgan fingerprint density at radius 3 is 2.32 bits per heavy atom. The first-order valence-electron chi connectivity index (χ1n) is 14.2. The Morgan fingerprint density at radius 1 is 0.955 bits per heavy atom. The SMILES string of the molecule is Cc1ccc(CC(c2cc(OCCOCCOCCO)ccn2)C(C)NC(=O)C(C)(C)Oc2ccc(C(F)(F)F)cn2)nc1. The van der Waals surface area contributed by atoms with Gasteiger partial charge in [0.1, 0.15) is 12.4 Å². The average molecular weight is 621 g/mol. The van der Waals surface area contributed by atoms with E-state index >= 15 is 0 Å². The molecule has 3 rings (SSSR count). The third kappa shape index (κ3) is 11.0. The zero-order valence-corrected chi connectivity index (χ0v) is 25.3. The number of hydrogen-bond donors (Lipinski definition) is 2. The van der Waals surface area contributed by atoms with Crippen molar-refractivity contribution in [3.8, 4) is 11.6 Å². The molecule has 0 radical (unpaired) electrons. The minimum absolute atomic E-state index is 0.0392. The van der Waals surface area contributed by atoms with E-state index in [-0.39, 0.29) is 25.0 Å². The van der Waals surface area contributed by atoms with Crippen LogP contribution in [0.1, 0.15) is 49.2 Å². The lowest BCUT2D eigenvalue weighted by molar-refractivity contribution is -0.138. The molecule has 0 saturated carbocycles. The van der Waals surface area contributed by atoms with Crippen LogP contribution in [-0.4, -0.2) is 77.2 Å². The van der Waals surface area contributed by atoms with Gasteiger partial charge in [0.25, 0.3) is 5.91 Å². The third-order valence-corrected chi connectivity index (χ3v) is 6.57. The molecule has 2 unspecified atom stereocenters. The smallest absolute Gasteiger partial charge is 0.417 e. The van der Waals surface area contributed by atoms with E-state index in [2.05, 4.69) is 20.3 Å². The number of alkyl halides is 3. The van der Waals surface area contributed by atoms with Crippen LogP contribution in [0.3, 0.4) is 0 Å². The van der Waals surface area contributed by atoms with Gasteiger partial charge in [-0.2, -0.15) is 13.2 Å². The molecule has 0 bridgehead atoms. The van der Waals surface area contributed by atoms with Crippen molar-refractivity contribution in [2.75, 3.05) is 39.6 Å². The molecule has 3 aromatic heterocycles. The molecule has 240 valence electrons. The van der Waals surface area contributed by atoms with Crippen LogP contribution in [0.4, 0.5) is 13.2 Å². The van der Waals surface area contributed by atoms with Crippen molar-refractivity contribution in [1.82, 2.24) is 20.3 Å². The summed E-state index contributed by atoms with van der Waals surface area (Å²) in [5.74, 6) is -0.342. The van der Waals surface area contributed by atoms with Gasteiger partial charge in [-0.25, -0.2) is 4.98 Å². The number of rotatable bonds is 17. The molecule has 0 aliphatic rings. The number of aliphatic hydroxyl groups is 1. The van der Waals surface area contributed by atoms with E-state index in [1.807, 2.05) is 26.0 Å². The van der Waals surface area contributed by atoms with Gasteiger partial charge in [0.15, 0.2) is 5.60 Å². The number of carbonyl (C=O) groups excluding carboxylic acids is 1. The molecule has 0 aliphatic carbocycles. The quantitative estimate of drug-likeness (QED) is 0.213. The summed E-state index contributed by atoms with van der Waals surface area (Å²) in [6.07, 6.45) is -0.0171. The fourth-order valence-corrected chi connectivity index (χ4v) is 4.10. The fraction of sp³-hybridized carbons (Fsp3) is 0.484. The van der Waals surface area contributed by atoms with Crippen molar-refractivity contribution >= 4 is 5.91 Å². The Bertz CT molecular complexity index is 1310. The summed E-state index contributed by atoms with van der Waals surface area (Å²) < 4.78 is 60.9. The Hall–Kier alpha value is -3.81. The lowest BCUT2D eigenvalue weighted by Crippen LogP contribution is -2.51. The average Bonchev–Trinajstić information content (AvgIpc) is 2.98. The van der Waals surface area contributed by atoms with Crippen molar-refractivity contribution < 1.29 is 42.0 Å². The van der Waals surface area contributed by atoms with Crippen LogP contribution in [-0.2, 0) is 26.9 Å². The third-order valence-electron chi connectivity index (χ3n) is 6.57. The van der Waals surface area contributed by atoms with E-state index < -0.39 is 29.3 Å². The Morgan fingerprint density at radius 2 is 1.68 bits per heavy atom. The number of nitrogens with one attached hydrogen (secondary N) is 1. The predicted octanol–water partition coefficient (Wildman–Crippen LogP) is 4.29. The zero-order chi connectivity index (χ0) is 32.2. The van der Waals surface area contributed by atoms with Crippen LogP contribution < -0.4 is 14.8 Å². The Labute approximate surface area is 255 Å². The first-order valence-corrected chi connectivity index (χ1v) is 14.2. The van der Waals surface area contributed by atoms with Gasteiger partial charge in [0.05, 0.1) is 38.6 Å². The van der Waals surface area contributed by atoms with Gasteiger partial charge in [-0.3, -0.25) is 14.8 Å². The fourth-order valence-electron chi connectivity index (χ4n) is 4.10. The maximum Gasteiger partial charge on any atom is 0.417 e. The number of amides is 1. The molecule has 0 aromatic carbocycles. The molecule has 0 saturated heterocycles. The highest BCUT2D eigenvalue weighted by Crippen LogP contribution is 2.30. The van der Waals surface area contributed by atoms with Crippen molar-refractivity contribution in [3.63, 3.8) is 0 Å². The molecule has 10 nitrogen and oxygen atoms in total. The monoisotopic (exact) mass is 620 g/mol. The number of aliphatic hydroxyl groups excluding tert-OH is 1. The molecular formula is C31H39F3N4O6. The van der Waals surface area contributed by atoms with Crippen molar-refractivity contribution in [2.24, 2.45) is 0 Å². The number of aryl methyl sites for hydroxylation is 1. The second-order valence-corrected chi connectivity index (χ2v) is 10.6. The van der Waals surface area contributed by atoms with Crippen molar-refractivity contribution in [2.45, 2.75) is 57.9 Å². The number of nitrogens with zero attached hydrogens (tertiary/aromatic N) is 3. The van der Waals surface area contributed by atoms with E-state index in [0.717, 1.165) is 23.4 Å². The first kappa shape index (κ1) is 34.7. The Kier molecular flexibility index (Phi) is 12.9. The van der Waals surface area contributed by atoms with E-state index in [1.54, 1.807) is 24.5 Å². The topological polar surface area (TPSA) is 125 Å². The maximum atomic E-state index is 13.4. The van der Waals surface area contributed by atoms with Gasteiger partial charge in [0.2, 0.25) is 5.88 Å². The second kappa shape index (κ2) is 16.3. The highest BCUT2D eigenvalue weighted by molar-refractivity contribution is 5.85. The molecule has 13 heteroatoms. The minimum Gasteiger partial charge on any atom is -0.491 e. The predicted molar refractivity (Wildman–Crippen MR) is 155 cm³/mol. The van der Waals surface area contributed by atoms with E-state index in [0.29, 0.717) is 50.5 Å². The van der Waals surface area contributed by atoms with Crippen LogP contribution in [0.2, 0.25) is 0 Å². The highest BCUT2D eigenvalue weighted by atomic mass is 19.4. The number of ether oxygens (including phenoxy) is 4. The molecule has 0 spiro atoms. The van der Waals surface area contributed by atoms with E-state index in [1.165, 1.54) is 13.8 Å². The summed E-state index contributed by atoms with van der Waals surface area (Å²) in [5.41, 5.74) is 0.117. The lowest BCUT2D eigenvalue weighted by atomic mass is 9.90. The number of carbonyl (C=O) groups is 1. The van der Waals surface area contributed by atoms with Crippen LogP contribution in [0.25, 0.3) is 0 Å². The zero-order valence-electron chi connectivity index (χ0n) is 25.3. The van der Waals surface area contributed by atoms with Gasteiger partial charge in [0, 0.05) is 54.1 Å². The summed E-state index contributed by atoms with van der Waals surface area (Å²) in [6, 6.07) is 8.88. The Balaban J connectivity index is 1.69. The van der Waals surface area contributed by atoms with Gasteiger partial charge >= 0.3 is 6.18 Å². The van der Waals surface area contributed by atoms with Gasteiger partial charge in [-0.05, 0) is 57.9 Å². The maximum absolute atomic E-state index is 13.4. The normalized spacial score (nSPS) is 13.3. The number of pyridine rings is 3. The van der Waals surface area contributed by atoms with Crippen LogP contribution in [0.5, 0.6) is 11.6 Å². The molecule has 3 heterocycles. The van der Waals surface area contributed by atoms with Crippen molar-refractivity contribution in [1.29, 1.82) is 0 Å². The number of aromatic nitrogens is 3. The lowest BCUT2D eigenvalue weighted by Gasteiger charge is -2.30. The summed E-state index contributed by atoms with van der Waals surface area (Å²) in [6.45, 7) is 8.42. The molecule has 44 heavy (non-hydrogen) atoms. The molecule has 2 atom stereocenters. The van der Waals surface area contributed by atoms with E-state index in [4.69, 9.17) is 24.1 Å². The summed E-state index contributed by atoms with van der Waals surface area (Å²) in [5, 5.41) is 11.7. The summed E-state index contributed by atoms with van der Waals surface area (Å²) >= 11 is 0. The molecule has 2 N–H and O–H groups in total. The van der Waals surface area contributed by atoms with Crippen molar-refractivity contribution in [3.05, 3.63) is 77.5 Å². The summed E-state index contributed by atoms with van der Waals surface area (Å²) in [4.78, 5) is 26.2. The highest BCUT2D eigenvalue weighted by Gasteiger charge is 2.35. The number of halogens is 3. The van der Waals surface area contributed by atoms with Crippen LogP contribution >= 0.6 is 0 Å². The minimum atomic E-state index is -4.53. The standard InChI is InChI=1S/C31H39F3N4O6/c1-21-5-7-24(36-19-21)17-26(27-18-25(9-10-35-27)43-16-15-42-14-13-41-12-11-39)22(2)38-29(40)30(3,4)44-28-8-6-23(20-37-28)31(32,33)34/h5-10,18-20,22,26,39H,11-17H2,1-4H3,(H,38,40). The van der Waals surface area contributed by atoms with Crippen LogP contribution in [0, 0.1) is 6.92 Å². The van der Waals surface area contributed by atoms with Gasteiger partial charge < -0.3 is 29.4 Å². The van der Waals surface area contributed by atoms with E-state index in [9.17, 15) is 18.0 Å². The van der Waals surface area contributed by atoms with Gasteiger partial charge in [-0.15, -0.1) is 0 Å². The molecule has 0 aliphatic heterocycles.